The number of nitrogens with one attached hydrogen (secondary N) is 2. The summed E-state index contributed by atoms with van der Waals surface area (Å²) in [5, 5.41) is 8.71. The normalized spacial score (nSPS) is 13.5. The summed E-state index contributed by atoms with van der Waals surface area (Å²) in [5.74, 6) is 2.02. The number of ether oxygens (including phenoxy) is 2. The zero-order valence-electron chi connectivity index (χ0n) is 20.3. The van der Waals surface area contributed by atoms with Gasteiger partial charge < -0.3 is 19.7 Å². The first-order valence-corrected chi connectivity index (χ1v) is 12.7. The van der Waals surface area contributed by atoms with E-state index >= 15 is 0 Å². The minimum absolute atomic E-state index is 0.330. The van der Waals surface area contributed by atoms with Crippen molar-refractivity contribution in [2.75, 3.05) is 41.9 Å². The van der Waals surface area contributed by atoms with Crippen LogP contribution < -0.4 is 20.4 Å². The Balaban J connectivity index is 1.24. The molecule has 0 amide bonds. The molecule has 194 valence electrons. The highest BCUT2D eigenvalue weighted by Gasteiger charge is 2.16. The van der Waals surface area contributed by atoms with E-state index in [-0.39, 0.29) is 0 Å². The van der Waals surface area contributed by atoms with Crippen molar-refractivity contribution in [3.63, 3.8) is 0 Å². The average Bonchev–Trinajstić information content (AvgIpc) is 2.94. The monoisotopic (exact) mass is 549 g/mol. The summed E-state index contributed by atoms with van der Waals surface area (Å²) < 4.78 is 11.3. The Morgan fingerprint density at radius 1 is 0.921 bits per heavy atom. The first kappa shape index (κ1) is 25.7. The van der Waals surface area contributed by atoms with Gasteiger partial charge in [-0.2, -0.15) is 20.1 Å². The summed E-state index contributed by atoms with van der Waals surface area (Å²) in [4.78, 5) is 15.7. The molecule has 1 saturated heterocycles. The highest BCUT2D eigenvalue weighted by molar-refractivity contribution is 6.35. The van der Waals surface area contributed by atoms with Crippen molar-refractivity contribution in [3.8, 4) is 5.75 Å². The molecule has 38 heavy (non-hydrogen) atoms. The van der Waals surface area contributed by atoms with E-state index in [4.69, 9.17) is 32.7 Å². The molecular weight excluding hydrogens is 525 g/mol. The van der Waals surface area contributed by atoms with Gasteiger partial charge in [0.05, 0.1) is 19.4 Å². The third-order valence-corrected chi connectivity index (χ3v) is 6.20. The maximum Gasteiger partial charge on any atom is 0.250 e. The van der Waals surface area contributed by atoms with Crippen molar-refractivity contribution < 1.29 is 9.47 Å². The van der Waals surface area contributed by atoms with Crippen molar-refractivity contribution in [1.82, 2.24) is 15.0 Å². The molecule has 2 N–H and O–H groups in total. The Bertz CT molecular complexity index is 1380. The Hall–Kier alpha value is -3.92. The SMILES string of the molecule is Clc1ccc(COc2ccc(C=NNc3nc(Nc4ccccc4)nc(N4CCOCC4)n3)cc2)c(Cl)c1. The van der Waals surface area contributed by atoms with Crippen LogP contribution in [0.15, 0.2) is 77.9 Å². The molecule has 0 unspecified atom stereocenters. The Kier molecular flexibility index (Phi) is 8.49. The first-order chi connectivity index (χ1) is 18.6. The van der Waals surface area contributed by atoms with Crippen LogP contribution in [0, 0.1) is 0 Å². The summed E-state index contributed by atoms with van der Waals surface area (Å²) in [5.41, 5.74) is 5.54. The van der Waals surface area contributed by atoms with Gasteiger partial charge in [-0.3, -0.25) is 0 Å². The molecule has 5 rings (SSSR count). The van der Waals surface area contributed by atoms with Gasteiger partial charge in [0, 0.05) is 34.4 Å². The predicted octanol–water partition coefficient (Wildman–Crippen LogP) is 5.78. The first-order valence-electron chi connectivity index (χ1n) is 12.0. The van der Waals surface area contributed by atoms with E-state index in [9.17, 15) is 0 Å². The predicted molar refractivity (Wildman–Crippen MR) is 151 cm³/mol. The summed E-state index contributed by atoms with van der Waals surface area (Å²) in [6, 6.07) is 22.6. The fourth-order valence-electron chi connectivity index (χ4n) is 3.64. The van der Waals surface area contributed by atoms with Crippen LogP contribution >= 0.6 is 23.2 Å². The molecule has 1 aromatic heterocycles. The molecule has 9 nitrogen and oxygen atoms in total. The van der Waals surface area contributed by atoms with Crippen LogP contribution in [0.25, 0.3) is 0 Å². The fourth-order valence-corrected chi connectivity index (χ4v) is 4.10. The summed E-state index contributed by atoms with van der Waals surface area (Å²) >= 11 is 12.2. The van der Waals surface area contributed by atoms with Crippen molar-refractivity contribution in [2.45, 2.75) is 6.61 Å². The van der Waals surface area contributed by atoms with Crippen LogP contribution in [0.4, 0.5) is 23.5 Å². The van der Waals surface area contributed by atoms with E-state index in [1.165, 1.54) is 0 Å². The maximum atomic E-state index is 6.22. The van der Waals surface area contributed by atoms with Crippen molar-refractivity contribution >= 4 is 52.9 Å². The Morgan fingerprint density at radius 3 is 2.45 bits per heavy atom. The van der Waals surface area contributed by atoms with Crippen molar-refractivity contribution in [1.29, 1.82) is 0 Å². The molecule has 1 aliphatic rings. The quantitative estimate of drug-likeness (QED) is 0.200. The standard InChI is InChI=1S/C27H25Cl2N7O2/c28-21-9-8-20(24(29)16-21)18-38-23-10-6-19(7-11-23)17-30-35-26-32-25(31-22-4-2-1-3-5-22)33-27(34-26)36-12-14-37-15-13-36/h1-11,16-17H,12-15,18H2,(H2,31,32,33,34,35). The highest BCUT2D eigenvalue weighted by Crippen LogP contribution is 2.23. The topological polar surface area (TPSA) is 96.8 Å². The summed E-state index contributed by atoms with van der Waals surface area (Å²) in [6.45, 7) is 3.00. The molecule has 4 aromatic rings. The van der Waals surface area contributed by atoms with E-state index in [1.54, 1.807) is 18.3 Å². The molecule has 0 atom stereocenters. The molecule has 0 radical (unpaired) electrons. The Morgan fingerprint density at radius 2 is 1.68 bits per heavy atom. The largest absolute Gasteiger partial charge is 0.489 e. The summed E-state index contributed by atoms with van der Waals surface area (Å²) in [7, 11) is 0. The smallest absolute Gasteiger partial charge is 0.250 e. The van der Waals surface area contributed by atoms with E-state index < -0.39 is 0 Å². The molecule has 1 aliphatic heterocycles. The third kappa shape index (κ3) is 7.10. The van der Waals surface area contributed by atoms with Gasteiger partial charge in [-0.1, -0.05) is 47.5 Å². The van der Waals surface area contributed by atoms with Crippen molar-refractivity contribution in [3.05, 3.63) is 94.0 Å². The van der Waals surface area contributed by atoms with Crippen LogP contribution in [0.1, 0.15) is 11.1 Å². The number of morpholine rings is 1. The lowest BCUT2D eigenvalue weighted by atomic mass is 10.2. The number of aromatic nitrogens is 3. The third-order valence-electron chi connectivity index (χ3n) is 5.62. The maximum absolute atomic E-state index is 6.22. The van der Waals surface area contributed by atoms with E-state index in [2.05, 4.69) is 35.7 Å². The number of para-hydroxylation sites is 1. The van der Waals surface area contributed by atoms with Crippen LogP contribution in [0.3, 0.4) is 0 Å². The van der Waals surface area contributed by atoms with Gasteiger partial charge >= 0.3 is 0 Å². The highest BCUT2D eigenvalue weighted by atomic mass is 35.5. The van der Waals surface area contributed by atoms with E-state index in [0.717, 1.165) is 16.8 Å². The van der Waals surface area contributed by atoms with Crippen LogP contribution in [-0.2, 0) is 11.3 Å². The lowest BCUT2D eigenvalue weighted by molar-refractivity contribution is 0.122. The number of hydrazone groups is 1. The molecule has 0 spiro atoms. The van der Waals surface area contributed by atoms with Gasteiger partial charge in [0.2, 0.25) is 17.8 Å². The molecular formula is C27H25Cl2N7O2. The Labute approximate surface area is 230 Å². The molecule has 0 bridgehead atoms. The number of hydrogen-bond acceptors (Lipinski definition) is 9. The molecule has 2 heterocycles. The number of benzene rings is 3. The van der Waals surface area contributed by atoms with Crippen LogP contribution in [-0.4, -0.2) is 47.5 Å². The van der Waals surface area contributed by atoms with Gasteiger partial charge in [-0.25, -0.2) is 5.43 Å². The average molecular weight is 550 g/mol. The molecule has 0 saturated carbocycles. The van der Waals surface area contributed by atoms with Gasteiger partial charge in [0.15, 0.2) is 0 Å². The van der Waals surface area contributed by atoms with E-state index in [1.807, 2.05) is 60.7 Å². The molecule has 0 aliphatic carbocycles. The van der Waals surface area contributed by atoms with Gasteiger partial charge in [0.25, 0.3) is 0 Å². The second-order valence-corrected chi connectivity index (χ2v) is 9.18. The fraction of sp³-hybridized carbons (Fsp3) is 0.185. The van der Waals surface area contributed by atoms with Gasteiger partial charge in [0.1, 0.15) is 12.4 Å². The zero-order valence-corrected chi connectivity index (χ0v) is 21.9. The number of nitrogens with zero attached hydrogens (tertiary/aromatic N) is 5. The lowest BCUT2D eigenvalue weighted by Gasteiger charge is -2.27. The minimum atomic E-state index is 0.330. The van der Waals surface area contributed by atoms with Crippen molar-refractivity contribution in [2.24, 2.45) is 5.10 Å². The summed E-state index contributed by atoms with van der Waals surface area (Å²) in [6.07, 6.45) is 1.68. The molecule has 1 fully saturated rings. The second kappa shape index (κ2) is 12.6. The van der Waals surface area contributed by atoms with Crippen LogP contribution in [0.5, 0.6) is 5.75 Å². The number of hydrogen-bond donors (Lipinski definition) is 2. The number of anilines is 4. The zero-order chi connectivity index (χ0) is 26.2. The number of rotatable bonds is 9. The van der Waals surface area contributed by atoms with Gasteiger partial charge in [-0.15, -0.1) is 0 Å². The molecule has 11 heteroatoms. The lowest BCUT2D eigenvalue weighted by Crippen LogP contribution is -2.37. The molecule has 3 aromatic carbocycles. The number of halogens is 2. The second-order valence-electron chi connectivity index (χ2n) is 8.34. The van der Waals surface area contributed by atoms with E-state index in [0.29, 0.717) is 66.5 Å². The minimum Gasteiger partial charge on any atom is -0.489 e. The van der Waals surface area contributed by atoms with Crippen LogP contribution in [0.2, 0.25) is 10.0 Å². The van der Waals surface area contributed by atoms with Gasteiger partial charge in [-0.05, 0) is 54.1 Å².